The van der Waals surface area contributed by atoms with Gasteiger partial charge in [0.1, 0.15) is 0 Å². The molecule has 3 nitrogen and oxygen atoms in total. The van der Waals surface area contributed by atoms with Crippen molar-refractivity contribution in [2.75, 3.05) is 29.4 Å². The summed E-state index contributed by atoms with van der Waals surface area (Å²) in [6, 6.07) is 16.7. The van der Waals surface area contributed by atoms with Crippen molar-refractivity contribution in [3.8, 4) is 0 Å². The monoisotopic (exact) mass is 332 g/mol. The highest BCUT2D eigenvalue weighted by atomic mass is 16.2. The zero-order chi connectivity index (χ0) is 17.2. The number of hydrogen-bond acceptors (Lipinski definition) is 2. The summed E-state index contributed by atoms with van der Waals surface area (Å²) in [4.78, 5) is 17.2. The highest BCUT2D eigenvalue weighted by Crippen LogP contribution is 2.37. The molecule has 2 heterocycles. The van der Waals surface area contributed by atoms with E-state index < -0.39 is 0 Å². The van der Waals surface area contributed by atoms with Crippen LogP contribution in [0.1, 0.15) is 37.3 Å². The van der Waals surface area contributed by atoms with Gasteiger partial charge in [0.05, 0.1) is 5.69 Å². The predicted octanol–water partition coefficient (Wildman–Crippen LogP) is 4.58. The Morgan fingerprint density at radius 3 is 2.44 bits per heavy atom. The number of carbonyl (C=O) groups is 1. The molecule has 25 heavy (non-hydrogen) atoms. The fraction of sp³-hybridized carbons (Fsp3) is 0.318. The third-order valence-corrected chi connectivity index (χ3v) is 5.08. The van der Waals surface area contributed by atoms with Crippen molar-refractivity contribution < 1.29 is 4.79 Å². The number of anilines is 2. The zero-order valence-electron chi connectivity index (χ0n) is 14.7. The summed E-state index contributed by atoms with van der Waals surface area (Å²) in [5, 5.41) is 0. The molecule has 2 aliphatic rings. The Kier molecular flexibility index (Phi) is 4.31. The number of fused-ring (bicyclic) bond motifs is 1. The molecule has 1 fully saturated rings. The molecule has 0 radical (unpaired) electrons. The first-order valence-corrected chi connectivity index (χ1v) is 9.26. The lowest BCUT2D eigenvalue weighted by Crippen LogP contribution is -2.26. The Balaban J connectivity index is 1.65. The van der Waals surface area contributed by atoms with Gasteiger partial charge >= 0.3 is 0 Å². The van der Waals surface area contributed by atoms with Crippen molar-refractivity contribution in [2.45, 2.75) is 26.2 Å². The van der Waals surface area contributed by atoms with Crippen LogP contribution in [-0.2, 0) is 4.79 Å². The Hall–Kier alpha value is -2.55. The molecule has 0 aromatic heterocycles. The van der Waals surface area contributed by atoms with Crippen molar-refractivity contribution in [3.63, 3.8) is 0 Å². The molecule has 1 amide bonds. The minimum Gasteiger partial charge on any atom is -0.372 e. The van der Waals surface area contributed by atoms with E-state index in [4.69, 9.17) is 0 Å². The SMILES string of the molecule is CCCN1C(=O)/C(=C\c2ccc(N3CCCC3)cc2)c2ccccc21. The number of rotatable bonds is 4. The summed E-state index contributed by atoms with van der Waals surface area (Å²) in [7, 11) is 0. The molecule has 0 spiro atoms. The van der Waals surface area contributed by atoms with Crippen LogP contribution in [0.15, 0.2) is 48.5 Å². The number of para-hydroxylation sites is 1. The molecule has 3 heteroatoms. The van der Waals surface area contributed by atoms with Crippen LogP contribution in [0.4, 0.5) is 11.4 Å². The number of amides is 1. The standard InChI is InChI=1S/C22H24N2O/c1-2-13-24-21-8-4-3-7-19(21)20(22(24)25)16-17-9-11-18(12-10-17)23-14-5-6-15-23/h3-4,7-12,16H,2,5-6,13-15H2,1H3/b20-16-. The van der Waals surface area contributed by atoms with Crippen LogP contribution in [0, 0.1) is 0 Å². The van der Waals surface area contributed by atoms with Crippen molar-refractivity contribution in [1.29, 1.82) is 0 Å². The number of benzene rings is 2. The van der Waals surface area contributed by atoms with Crippen LogP contribution in [0.5, 0.6) is 0 Å². The number of hydrogen-bond donors (Lipinski definition) is 0. The first-order valence-electron chi connectivity index (χ1n) is 9.26. The normalized spacial score (nSPS) is 18.3. The minimum absolute atomic E-state index is 0.117. The molecule has 2 aromatic rings. The lowest BCUT2D eigenvalue weighted by atomic mass is 10.0. The smallest absolute Gasteiger partial charge is 0.258 e. The molecule has 1 saturated heterocycles. The molecule has 0 aliphatic carbocycles. The second kappa shape index (κ2) is 6.75. The third kappa shape index (κ3) is 2.95. The van der Waals surface area contributed by atoms with Crippen LogP contribution >= 0.6 is 0 Å². The second-order valence-electron chi connectivity index (χ2n) is 6.82. The van der Waals surface area contributed by atoms with Gasteiger partial charge in [-0.3, -0.25) is 4.79 Å². The van der Waals surface area contributed by atoms with Gasteiger partial charge in [-0.25, -0.2) is 0 Å². The summed E-state index contributed by atoms with van der Waals surface area (Å²) in [5.74, 6) is 0.117. The first-order chi connectivity index (χ1) is 12.3. The van der Waals surface area contributed by atoms with Crippen molar-refractivity contribution >= 4 is 28.9 Å². The Labute approximate surface area is 149 Å². The topological polar surface area (TPSA) is 23.6 Å². The van der Waals surface area contributed by atoms with Crippen LogP contribution in [0.25, 0.3) is 11.6 Å². The molecule has 0 atom stereocenters. The Morgan fingerprint density at radius 1 is 1.00 bits per heavy atom. The van der Waals surface area contributed by atoms with Gasteiger partial charge in [0.25, 0.3) is 5.91 Å². The van der Waals surface area contributed by atoms with E-state index in [1.807, 2.05) is 35.2 Å². The number of nitrogens with zero attached hydrogens (tertiary/aromatic N) is 2. The molecule has 2 aliphatic heterocycles. The van der Waals surface area contributed by atoms with Gasteiger partial charge in [0, 0.05) is 36.5 Å². The minimum atomic E-state index is 0.117. The van der Waals surface area contributed by atoms with Crippen molar-refractivity contribution in [3.05, 3.63) is 59.7 Å². The van der Waals surface area contributed by atoms with Gasteiger partial charge in [-0.15, -0.1) is 0 Å². The summed E-state index contributed by atoms with van der Waals surface area (Å²) < 4.78 is 0. The van der Waals surface area contributed by atoms with E-state index in [0.29, 0.717) is 0 Å². The van der Waals surface area contributed by atoms with Crippen LogP contribution in [0.3, 0.4) is 0 Å². The van der Waals surface area contributed by atoms with Crippen LogP contribution in [0.2, 0.25) is 0 Å². The highest BCUT2D eigenvalue weighted by molar-refractivity contribution is 6.35. The van der Waals surface area contributed by atoms with Gasteiger partial charge in [0.15, 0.2) is 0 Å². The fourth-order valence-corrected chi connectivity index (χ4v) is 3.82. The zero-order valence-corrected chi connectivity index (χ0v) is 14.7. The lowest BCUT2D eigenvalue weighted by Gasteiger charge is -2.17. The maximum atomic E-state index is 12.9. The molecule has 0 unspecified atom stereocenters. The van der Waals surface area contributed by atoms with E-state index in [9.17, 15) is 4.79 Å². The molecule has 0 saturated carbocycles. The number of carbonyl (C=O) groups excluding carboxylic acids is 1. The molecule has 128 valence electrons. The first kappa shape index (κ1) is 15.9. The van der Waals surface area contributed by atoms with E-state index in [1.54, 1.807) is 0 Å². The lowest BCUT2D eigenvalue weighted by molar-refractivity contribution is -0.113. The van der Waals surface area contributed by atoms with Crippen molar-refractivity contribution in [1.82, 2.24) is 0 Å². The molecule has 0 bridgehead atoms. The maximum absolute atomic E-state index is 12.9. The van der Waals surface area contributed by atoms with Crippen LogP contribution < -0.4 is 9.80 Å². The maximum Gasteiger partial charge on any atom is 0.258 e. The van der Waals surface area contributed by atoms with Crippen molar-refractivity contribution in [2.24, 2.45) is 0 Å². The van der Waals surface area contributed by atoms with E-state index in [1.165, 1.54) is 18.5 Å². The average molecular weight is 332 g/mol. The Bertz CT molecular complexity index is 801. The highest BCUT2D eigenvalue weighted by Gasteiger charge is 2.31. The summed E-state index contributed by atoms with van der Waals surface area (Å²) >= 11 is 0. The molecule has 2 aromatic carbocycles. The summed E-state index contributed by atoms with van der Waals surface area (Å²) in [6.07, 6.45) is 5.55. The van der Waals surface area contributed by atoms with E-state index in [2.05, 4.69) is 36.1 Å². The fourth-order valence-electron chi connectivity index (χ4n) is 3.82. The summed E-state index contributed by atoms with van der Waals surface area (Å²) in [5.41, 5.74) is 5.25. The molecular weight excluding hydrogens is 308 g/mol. The molecular formula is C22H24N2O. The van der Waals surface area contributed by atoms with E-state index >= 15 is 0 Å². The van der Waals surface area contributed by atoms with Gasteiger partial charge in [-0.1, -0.05) is 37.3 Å². The third-order valence-electron chi connectivity index (χ3n) is 5.08. The van der Waals surface area contributed by atoms with Crippen LogP contribution in [-0.4, -0.2) is 25.5 Å². The van der Waals surface area contributed by atoms with Gasteiger partial charge in [-0.05, 0) is 49.1 Å². The molecule has 4 rings (SSSR count). The second-order valence-corrected chi connectivity index (χ2v) is 6.82. The van der Waals surface area contributed by atoms with E-state index in [-0.39, 0.29) is 5.91 Å². The Morgan fingerprint density at radius 2 is 1.72 bits per heavy atom. The van der Waals surface area contributed by atoms with Gasteiger partial charge in [-0.2, -0.15) is 0 Å². The van der Waals surface area contributed by atoms with E-state index in [0.717, 1.165) is 48.4 Å². The van der Waals surface area contributed by atoms with Gasteiger partial charge < -0.3 is 9.80 Å². The van der Waals surface area contributed by atoms with Gasteiger partial charge in [0.2, 0.25) is 0 Å². The largest absolute Gasteiger partial charge is 0.372 e. The summed E-state index contributed by atoms with van der Waals surface area (Å²) in [6.45, 7) is 5.17. The molecule has 0 N–H and O–H groups in total. The average Bonchev–Trinajstić information content (AvgIpc) is 3.26. The quantitative estimate of drug-likeness (QED) is 0.765. The predicted molar refractivity (Wildman–Crippen MR) is 105 cm³/mol.